The van der Waals surface area contributed by atoms with Crippen molar-refractivity contribution in [1.82, 2.24) is 0 Å². The van der Waals surface area contributed by atoms with Gasteiger partial charge in [-0.05, 0) is 23.9 Å². The summed E-state index contributed by atoms with van der Waals surface area (Å²) in [5, 5.41) is 10.2. The Bertz CT molecular complexity index is 227. The van der Waals surface area contributed by atoms with Crippen LogP contribution in [0.4, 0.5) is 0 Å². The Hall–Kier alpha value is -0.640. The van der Waals surface area contributed by atoms with Crippen LogP contribution in [0.15, 0.2) is 21.8 Å². The highest BCUT2D eigenvalue weighted by molar-refractivity contribution is 9.11. The summed E-state index contributed by atoms with van der Waals surface area (Å²) in [5.74, 6) is 0. The number of rotatable bonds is 2. The number of allylic oxidation sites excluding steroid dienone is 4. The molecule has 0 spiro atoms. The van der Waals surface area contributed by atoms with Crippen LogP contribution in [0.5, 0.6) is 0 Å². The van der Waals surface area contributed by atoms with Gasteiger partial charge in [0.05, 0.1) is 4.92 Å². The molecule has 0 unspecified atom stereocenters. The van der Waals surface area contributed by atoms with Crippen LogP contribution in [0.3, 0.4) is 0 Å². The number of nitrogens with zero attached hydrogens (tertiary/aromatic N) is 1. The predicted molar refractivity (Wildman–Crippen MR) is 48.1 cm³/mol. The highest BCUT2D eigenvalue weighted by Crippen LogP contribution is 2.12. The first-order valence-electron chi connectivity index (χ1n) is 3.11. The summed E-state index contributed by atoms with van der Waals surface area (Å²) in [5.41, 5.74) is 1.03. The molecule has 62 valence electrons. The van der Waals surface area contributed by atoms with Gasteiger partial charge in [-0.1, -0.05) is 15.9 Å². The van der Waals surface area contributed by atoms with Crippen LogP contribution >= 0.6 is 15.9 Å². The molecule has 4 heteroatoms. The summed E-state index contributed by atoms with van der Waals surface area (Å²) < 4.78 is 0.915. The Balaban J connectivity index is 4.58. The zero-order valence-electron chi connectivity index (χ0n) is 6.72. The number of hydrogen-bond acceptors (Lipinski definition) is 2. The van der Waals surface area contributed by atoms with Crippen molar-refractivity contribution >= 4 is 15.9 Å². The summed E-state index contributed by atoms with van der Waals surface area (Å²) in [7, 11) is 0. The van der Waals surface area contributed by atoms with Crippen molar-refractivity contribution in [3.8, 4) is 0 Å². The summed E-state index contributed by atoms with van der Waals surface area (Å²) in [6.45, 7) is 5.13. The van der Waals surface area contributed by atoms with Crippen molar-refractivity contribution in [2.24, 2.45) is 0 Å². The molecule has 3 nitrogen and oxygen atoms in total. The average molecular weight is 220 g/mol. The van der Waals surface area contributed by atoms with E-state index in [0.717, 1.165) is 10.1 Å². The normalized spacial score (nSPS) is 14.4. The molecule has 0 aliphatic rings. The first-order valence-corrected chi connectivity index (χ1v) is 3.90. The van der Waals surface area contributed by atoms with E-state index in [-0.39, 0.29) is 5.70 Å². The van der Waals surface area contributed by atoms with Crippen molar-refractivity contribution in [2.75, 3.05) is 0 Å². The van der Waals surface area contributed by atoms with Crippen LogP contribution in [-0.4, -0.2) is 4.92 Å². The maximum Gasteiger partial charge on any atom is 0.243 e. The molecule has 0 saturated carbocycles. The maximum absolute atomic E-state index is 10.2. The van der Waals surface area contributed by atoms with Gasteiger partial charge in [0.15, 0.2) is 0 Å². The molecule has 0 aliphatic carbocycles. The van der Waals surface area contributed by atoms with Crippen LogP contribution in [0, 0.1) is 10.1 Å². The summed E-state index contributed by atoms with van der Waals surface area (Å²) in [4.78, 5) is 9.75. The Morgan fingerprint density at radius 3 is 2.18 bits per heavy atom. The highest BCUT2D eigenvalue weighted by Gasteiger charge is 2.01. The topological polar surface area (TPSA) is 43.1 Å². The minimum atomic E-state index is -0.403. The molecule has 0 bridgehead atoms. The first-order chi connectivity index (χ1) is 4.95. The Labute approximate surface area is 74.1 Å². The third-order valence-corrected chi connectivity index (χ3v) is 1.88. The lowest BCUT2D eigenvalue weighted by Gasteiger charge is -1.93. The number of nitro groups is 1. The van der Waals surface area contributed by atoms with E-state index < -0.39 is 4.92 Å². The quantitative estimate of drug-likeness (QED) is 0.408. The molecule has 0 saturated heterocycles. The largest absolute Gasteiger partial charge is 0.259 e. The molecule has 0 aliphatic heterocycles. The van der Waals surface area contributed by atoms with E-state index in [1.165, 1.54) is 13.0 Å². The van der Waals surface area contributed by atoms with Gasteiger partial charge in [0.25, 0.3) is 0 Å². The van der Waals surface area contributed by atoms with Crippen molar-refractivity contribution in [3.05, 3.63) is 31.9 Å². The van der Waals surface area contributed by atoms with Crippen molar-refractivity contribution in [2.45, 2.75) is 20.8 Å². The second kappa shape index (κ2) is 4.28. The van der Waals surface area contributed by atoms with Gasteiger partial charge in [0.2, 0.25) is 5.70 Å². The number of hydrogen-bond donors (Lipinski definition) is 0. The fourth-order valence-electron chi connectivity index (χ4n) is 0.465. The molecule has 0 heterocycles. The van der Waals surface area contributed by atoms with Crippen LogP contribution in [0.1, 0.15) is 20.8 Å². The lowest BCUT2D eigenvalue weighted by atomic mass is 10.2. The summed E-state index contributed by atoms with van der Waals surface area (Å²) >= 11 is 3.23. The summed E-state index contributed by atoms with van der Waals surface area (Å²) in [6.07, 6.45) is 1.53. The molecule has 0 radical (unpaired) electrons. The fraction of sp³-hybridized carbons (Fsp3) is 0.429. The van der Waals surface area contributed by atoms with E-state index in [4.69, 9.17) is 0 Å². The zero-order chi connectivity index (χ0) is 9.02. The minimum absolute atomic E-state index is 0.154. The molecular formula is C7H10BrNO2. The maximum atomic E-state index is 10.2. The van der Waals surface area contributed by atoms with Crippen LogP contribution < -0.4 is 0 Å². The van der Waals surface area contributed by atoms with Gasteiger partial charge in [-0.2, -0.15) is 0 Å². The Kier molecular flexibility index (Phi) is 4.03. The lowest BCUT2D eigenvalue weighted by molar-refractivity contribution is -0.424. The SMILES string of the molecule is C/C(=C\C(C)=C(/C)Br)[N+](=O)[O-]. The summed E-state index contributed by atoms with van der Waals surface area (Å²) in [6, 6.07) is 0. The van der Waals surface area contributed by atoms with Crippen molar-refractivity contribution < 1.29 is 4.92 Å². The van der Waals surface area contributed by atoms with E-state index in [1.807, 2.05) is 13.8 Å². The third-order valence-electron chi connectivity index (χ3n) is 1.26. The van der Waals surface area contributed by atoms with E-state index in [0.29, 0.717) is 0 Å². The molecule has 0 rings (SSSR count). The first kappa shape index (κ1) is 10.4. The fourth-order valence-corrected chi connectivity index (χ4v) is 0.580. The predicted octanol–water partition coefficient (Wildman–Crippen LogP) is 2.86. The molecule has 11 heavy (non-hydrogen) atoms. The molecule has 0 aromatic rings. The van der Waals surface area contributed by atoms with Crippen LogP contribution in [0.2, 0.25) is 0 Å². The minimum Gasteiger partial charge on any atom is -0.259 e. The Morgan fingerprint density at radius 2 is 1.91 bits per heavy atom. The van der Waals surface area contributed by atoms with Gasteiger partial charge in [-0.25, -0.2) is 0 Å². The Morgan fingerprint density at radius 1 is 1.45 bits per heavy atom. The highest BCUT2D eigenvalue weighted by atomic mass is 79.9. The monoisotopic (exact) mass is 219 g/mol. The van der Waals surface area contributed by atoms with E-state index in [2.05, 4.69) is 15.9 Å². The van der Waals surface area contributed by atoms with Crippen molar-refractivity contribution in [3.63, 3.8) is 0 Å². The van der Waals surface area contributed by atoms with Gasteiger partial charge in [0.1, 0.15) is 0 Å². The lowest BCUT2D eigenvalue weighted by Crippen LogP contribution is -1.93. The van der Waals surface area contributed by atoms with Crippen LogP contribution in [0.25, 0.3) is 0 Å². The van der Waals surface area contributed by atoms with Crippen molar-refractivity contribution in [1.29, 1.82) is 0 Å². The van der Waals surface area contributed by atoms with Gasteiger partial charge < -0.3 is 0 Å². The molecular weight excluding hydrogens is 210 g/mol. The molecule has 0 N–H and O–H groups in total. The molecule has 0 aromatic heterocycles. The molecule has 0 amide bonds. The molecule has 0 atom stereocenters. The van der Waals surface area contributed by atoms with Crippen LogP contribution in [-0.2, 0) is 0 Å². The standard InChI is InChI=1S/C7H10BrNO2/c1-5(7(3)8)4-6(2)9(10)11/h4H,1-3H3/b6-4+,7-5+. The zero-order valence-corrected chi connectivity index (χ0v) is 8.31. The second-order valence-corrected chi connectivity index (χ2v) is 3.45. The third kappa shape index (κ3) is 3.93. The van der Waals surface area contributed by atoms with E-state index >= 15 is 0 Å². The van der Waals surface area contributed by atoms with E-state index in [9.17, 15) is 10.1 Å². The average Bonchev–Trinajstić information content (AvgIpc) is 1.87. The number of halogens is 1. The molecule has 0 aromatic carbocycles. The van der Waals surface area contributed by atoms with Gasteiger partial charge in [0, 0.05) is 13.0 Å². The second-order valence-electron chi connectivity index (χ2n) is 2.26. The molecule has 0 fully saturated rings. The van der Waals surface area contributed by atoms with Gasteiger partial charge >= 0.3 is 0 Å². The van der Waals surface area contributed by atoms with E-state index in [1.54, 1.807) is 0 Å². The van der Waals surface area contributed by atoms with Gasteiger partial charge in [-0.3, -0.25) is 10.1 Å². The van der Waals surface area contributed by atoms with Gasteiger partial charge in [-0.15, -0.1) is 0 Å². The smallest absolute Gasteiger partial charge is 0.243 e.